The van der Waals surface area contributed by atoms with Crippen molar-refractivity contribution in [3.8, 4) is 0 Å². The Morgan fingerprint density at radius 3 is 2.64 bits per heavy atom. The van der Waals surface area contributed by atoms with Gasteiger partial charge in [0.1, 0.15) is 0 Å². The molecule has 3 heteroatoms. The highest BCUT2D eigenvalue weighted by Gasteiger charge is 1.97. The molecule has 2 aromatic carbocycles. The summed E-state index contributed by atoms with van der Waals surface area (Å²) in [6.45, 7) is 0. The van der Waals surface area contributed by atoms with Crippen molar-refractivity contribution in [2.24, 2.45) is 10.2 Å². The number of hydrogen-bond acceptors (Lipinski definition) is 2. The van der Waals surface area contributed by atoms with E-state index >= 15 is 0 Å². The molecule has 14 heavy (non-hydrogen) atoms. The molecule has 0 N–H and O–H groups in total. The molecular weight excluding hydrogens is 176 g/mol. The molecule has 0 aliphatic carbocycles. The normalized spacial score (nSPS) is 10.9. The summed E-state index contributed by atoms with van der Waals surface area (Å²) in [6, 6.07) is 13.6. The van der Waals surface area contributed by atoms with Gasteiger partial charge in [-0.3, -0.25) is 4.79 Å². The first-order valence-corrected chi connectivity index (χ1v) is 4.24. The van der Waals surface area contributed by atoms with Crippen LogP contribution in [0.2, 0.25) is 0 Å². The lowest BCUT2D eigenvalue weighted by Crippen LogP contribution is -1.72. The lowest BCUT2D eigenvalue weighted by atomic mass is 10.1. The van der Waals surface area contributed by atoms with Crippen LogP contribution in [0, 0.1) is 0 Å². The van der Waals surface area contributed by atoms with Crippen molar-refractivity contribution in [3.05, 3.63) is 42.5 Å². The third-order valence-electron chi connectivity index (χ3n) is 1.98. The highest BCUT2D eigenvalue weighted by atomic mass is 16.1. The first kappa shape index (κ1) is 8.56. The Hall–Kier alpha value is -2.03. The van der Waals surface area contributed by atoms with Crippen LogP contribution in [0.5, 0.6) is 0 Å². The molecule has 0 bridgehead atoms. The monoisotopic (exact) mass is 184 g/mol. The number of benzene rings is 2. The average Bonchev–Trinajstić information content (AvgIpc) is 2.26. The predicted octanol–water partition coefficient (Wildman–Crippen LogP) is 3.08. The van der Waals surface area contributed by atoms with E-state index in [2.05, 4.69) is 10.2 Å². The molecule has 2 rings (SSSR count). The van der Waals surface area contributed by atoms with Crippen LogP contribution in [-0.4, -0.2) is 6.41 Å². The van der Waals surface area contributed by atoms with Gasteiger partial charge in [-0.05, 0) is 11.5 Å². The van der Waals surface area contributed by atoms with Crippen LogP contribution in [0.25, 0.3) is 10.8 Å². The summed E-state index contributed by atoms with van der Waals surface area (Å²) in [5, 5.41) is 9.24. The molecule has 2 aromatic rings. The summed E-state index contributed by atoms with van der Waals surface area (Å²) in [4.78, 5) is 10.1. The second-order valence-electron chi connectivity index (χ2n) is 2.82. The van der Waals surface area contributed by atoms with Gasteiger partial charge in [-0.1, -0.05) is 36.4 Å². The SMILES string of the molecule is O=CN=Nc1cccc2ccccc12. The molecule has 3 nitrogen and oxygen atoms in total. The van der Waals surface area contributed by atoms with E-state index in [9.17, 15) is 4.79 Å². The van der Waals surface area contributed by atoms with E-state index in [1.54, 1.807) is 0 Å². The van der Waals surface area contributed by atoms with Crippen LogP contribution in [0.15, 0.2) is 52.7 Å². The maximum absolute atomic E-state index is 10.1. The maximum Gasteiger partial charge on any atom is 0.252 e. The van der Waals surface area contributed by atoms with E-state index < -0.39 is 0 Å². The largest absolute Gasteiger partial charge is 0.275 e. The van der Waals surface area contributed by atoms with Crippen LogP contribution < -0.4 is 0 Å². The van der Waals surface area contributed by atoms with Gasteiger partial charge in [0.25, 0.3) is 6.41 Å². The number of azo groups is 1. The summed E-state index contributed by atoms with van der Waals surface area (Å²) < 4.78 is 0. The fourth-order valence-corrected chi connectivity index (χ4v) is 1.38. The zero-order valence-electron chi connectivity index (χ0n) is 7.42. The van der Waals surface area contributed by atoms with Gasteiger partial charge in [-0.25, -0.2) is 0 Å². The van der Waals surface area contributed by atoms with Gasteiger partial charge in [0.2, 0.25) is 0 Å². The smallest absolute Gasteiger partial charge is 0.252 e. The number of carbonyl (C=O) groups is 1. The Morgan fingerprint density at radius 1 is 1.00 bits per heavy atom. The summed E-state index contributed by atoms with van der Waals surface area (Å²) in [7, 11) is 0. The van der Waals surface area contributed by atoms with Crippen LogP contribution >= 0.6 is 0 Å². The molecule has 68 valence electrons. The van der Waals surface area contributed by atoms with E-state index in [0.29, 0.717) is 6.41 Å². The summed E-state index contributed by atoms with van der Waals surface area (Å²) in [5.74, 6) is 0. The fraction of sp³-hybridized carbons (Fsp3) is 0. The lowest BCUT2D eigenvalue weighted by Gasteiger charge is -1.98. The van der Waals surface area contributed by atoms with Crippen molar-refractivity contribution in [2.75, 3.05) is 0 Å². The number of nitrogens with zero attached hydrogens (tertiary/aromatic N) is 2. The molecule has 0 heterocycles. The van der Waals surface area contributed by atoms with E-state index in [4.69, 9.17) is 0 Å². The Labute approximate surface area is 81.1 Å². The van der Waals surface area contributed by atoms with Crippen molar-refractivity contribution >= 4 is 22.9 Å². The van der Waals surface area contributed by atoms with E-state index in [1.165, 1.54) is 0 Å². The first-order chi connectivity index (χ1) is 6.92. The van der Waals surface area contributed by atoms with E-state index in [-0.39, 0.29) is 0 Å². The number of carbonyl (C=O) groups excluding carboxylic acids is 1. The zero-order chi connectivity index (χ0) is 9.80. The van der Waals surface area contributed by atoms with Crippen LogP contribution in [0.3, 0.4) is 0 Å². The number of hydrogen-bond donors (Lipinski definition) is 0. The van der Waals surface area contributed by atoms with Crippen molar-refractivity contribution in [1.29, 1.82) is 0 Å². The fourth-order valence-electron chi connectivity index (χ4n) is 1.38. The second-order valence-corrected chi connectivity index (χ2v) is 2.82. The highest BCUT2D eigenvalue weighted by molar-refractivity contribution is 5.92. The molecule has 1 amide bonds. The van der Waals surface area contributed by atoms with Crippen molar-refractivity contribution in [3.63, 3.8) is 0 Å². The Morgan fingerprint density at radius 2 is 1.79 bits per heavy atom. The molecule has 0 saturated carbocycles. The molecule has 0 aromatic heterocycles. The third-order valence-corrected chi connectivity index (χ3v) is 1.98. The summed E-state index contributed by atoms with van der Waals surface area (Å²) in [6.07, 6.45) is 0.432. The van der Waals surface area contributed by atoms with Gasteiger partial charge in [0, 0.05) is 5.39 Å². The molecule has 0 aliphatic rings. The number of rotatable bonds is 2. The quantitative estimate of drug-likeness (QED) is 0.522. The molecule has 0 radical (unpaired) electrons. The topological polar surface area (TPSA) is 41.8 Å². The van der Waals surface area contributed by atoms with E-state index in [0.717, 1.165) is 16.5 Å². The zero-order valence-corrected chi connectivity index (χ0v) is 7.42. The summed E-state index contributed by atoms with van der Waals surface area (Å²) >= 11 is 0. The Balaban J connectivity index is 2.64. The Kier molecular flexibility index (Phi) is 2.32. The molecule has 0 fully saturated rings. The van der Waals surface area contributed by atoms with Gasteiger partial charge >= 0.3 is 0 Å². The average molecular weight is 184 g/mol. The number of fused-ring (bicyclic) bond motifs is 1. The minimum Gasteiger partial charge on any atom is -0.275 e. The highest BCUT2D eigenvalue weighted by Crippen LogP contribution is 2.25. The molecule has 0 atom stereocenters. The van der Waals surface area contributed by atoms with Gasteiger partial charge in [-0.15, -0.1) is 10.2 Å². The molecule has 0 saturated heterocycles. The molecular formula is C11H8N2O. The number of amides is 1. The van der Waals surface area contributed by atoms with Crippen molar-refractivity contribution in [1.82, 2.24) is 0 Å². The minimum atomic E-state index is 0.432. The predicted molar refractivity (Wildman–Crippen MR) is 54.5 cm³/mol. The van der Waals surface area contributed by atoms with E-state index in [1.807, 2.05) is 42.5 Å². The van der Waals surface area contributed by atoms with Gasteiger partial charge < -0.3 is 0 Å². The van der Waals surface area contributed by atoms with Crippen LogP contribution in [0.1, 0.15) is 0 Å². The molecule has 0 spiro atoms. The maximum atomic E-state index is 10.1. The van der Waals surface area contributed by atoms with Crippen LogP contribution in [0.4, 0.5) is 5.69 Å². The standard InChI is InChI=1S/C11H8N2O/c14-8-12-13-11-7-3-5-9-4-1-2-6-10(9)11/h1-8H. The van der Waals surface area contributed by atoms with Gasteiger partial charge in [0.15, 0.2) is 0 Å². The van der Waals surface area contributed by atoms with Crippen LogP contribution in [-0.2, 0) is 4.79 Å². The van der Waals surface area contributed by atoms with Gasteiger partial charge in [-0.2, -0.15) is 0 Å². The molecule has 0 aliphatic heterocycles. The molecule has 0 unspecified atom stereocenters. The third kappa shape index (κ3) is 1.52. The Bertz CT molecular complexity index is 486. The summed E-state index contributed by atoms with van der Waals surface area (Å²) in [5.41, 5.74) is 0.718. The first-order valence-electron chi connectivity index (χ1n) is 4.24. The minimum absolute atomic E-state index is 0.432. The van der Waals surface area contributed by atoms with Crippen molar-refractivity contribution < 1.29 is 4.79 Å². The lowest BCUT2D eigenvalue weighted by molar-refractivity contribution is -0.107. The van der Waals surface area contributed by atoms with Gasteiger partial charge in [0.05, 0.1) is 5.69 Å². The second kappa shape index (κ2) is 3.79. The van der Waals surface area contributed by atoms with Crippen molar-refractivity contribution in [2.45, 2.75) is 0 Å².